The molecule has 2 atom stereocenters. The summed E-state index contributed by atoms with van der Waals surface area (Å²) in [5.41, 5.74) is 6.08. The SMILES string of the molecule is C[C@H](CC(=O)O[C@H](C)C(N)=O)c1ccccc1. The maximum atomic E-state index is 11.5. The van der Waals surface area contributed by atoms with Crippen LogP contribution < -0.4 is 5.73 Å². The Bertz CT molecular complexity index is 389. The van der Waals surface area contributed by atoms with Crippen LogP contribution in [0.4, 0.5) is 0 Å². The second-order valence-electron chi connectivity index (χ2n) is 4.05. The summed E-state index contributed by atoms with van der Waals surface area (Å²) in [6, 6.07) is 9.67. The summed E-state index contributed by atoms with van der Waals surface area (Å²) in [5, 5.41) is 0. The molecule has 2 N–H and O–H groups in total. The second kappa shape index (κ2) is 6.03. The van der Waals surface area contributed by atoms with Gasteiger partial charge in [0, 0.05) is 0 Å². The Hall–Kier alpha value is -1.84. The summed E-state index contributed by atoms with van der Waals surface area (Å²) in [5.74, 6) is -0.984. The highest BCUT2D eigenvalue weighted by Gasteiger charge is 2.17. The van der Waals surface area contributed by atoms with Crippen LogP contribution >= 0.6 is 0 Å². The topological polar surface area (TPSA) is 69.4 Å². The molecule has 1 amide bonds. The number of ether oxygens (including phenoxy) is 1. The molecule has 92 valence electrons. The van der Waals surface area contributed by atoms with Gasteiger partial charge in [0.05, 0.1) is 6.42 Å². The molecule has 0 aliphatic carbocycles. The number of carbonyl (C=O) groups is 2. The van der Waals surface area contributed by atoms with Crippen molar-refractivity contribution < 1.29 is 14.3 Å². The zero-order valence-corrected chi connectivity index (χ0v) is 10.1. The fourth-order valence-electron chi connectivity index (χ4n) is 1.45. The van der Waals surface area contributed by atoms with Gasteiger partial charge in [0.2, 0.25) is 0 Å². The van der Waals surface area contributed by atoms with Crippen LogP contribution in [0.3, 0.4) is 0 Å². The predicted molar refractivity (Wildman–Crippen MR) is 64.2 cm³/mol. The number of hydrogen-bond donors (Lipinski definition) is 1. The van der Waals surface area contributed by atoms with E-state index in [1.54, 1.807) is 0 Å². The number of hydrogen-bond acceptors (Lipinski definition) is 3. The van der Waals surface area contributed by atoms with Crippen molar-refractivity contribution in [3.63, 3.8) is 0 Å². The average Bonchev–Trinajstić information content (AvgIpc) is 2.29. The van der Waals surface area contributed by atoms with Gasteiger partial charge < -0.3 is 10.5 Å². The first-order chi connectivity index (χ1) is 8.00. The molecule has 0 heterocycles. The number of amides is 1. The molecule has 0 spiro atoms. The Kier molecular flexibility index (Phi) is 4.69. The Balaban J connectivity index is 2.49. The van der Waals surface area contributed by atoms with E-state index in [0.29, 0.717) is 0 Å². The molecule has 0 saturated carbocycles. The molecule has 0 radical (unpaired) electrons. The Morgan fingerprint density at radius 1 is 1.24 bits per heavy atom. The lowest BCUT2D eigenvalue weighted by atomic mass is 9.98. The highest BCUT2D eigenvalue weighted by molar-refractivity contribution is 5.82. The van der Waals surface area contributed by atoms with Crippen LogP contribution in [0.15, 0.2) is 30.3 Å². The molecule has 1 aromatic carbocycles. The summed E-state index contributed by atoms with van der Waals surface area (Å²) in [6.45, 7) is 3.40. The highest BCUT2D eigenvalue weighted by atomic mass is 16.5. The number of nitrogens with two attached hydrogens (primary N) is 1. The van der Waals surface area contributed by atoms with E-state index in [2.05, 4.69) is 0 Å². The molecule has 0 aliphatic rings. The third-order valence-corrected chi connectivity index (χ3v) is 2.55. The Morgan fingerprint density at radius 3 is 2.35 bits per heavy atom. The van der Waals surface area contributed by atoms with E-state index in [4.69, 9.17) is 10.5 Å². The number of rotatable bonds is 5. The molecule has 1 aromatic rings. The molecule has 0 aliphatic heterocycles. The van der Waals surface area contributed by atoms with Crippen LogP contribution in [0.1, 0.15) is 31.7 Å². The normalized spacial score (nSPS) is 13.8. The summed E-state index contributed by atoms with van der Waals surface area (Å²) in [4.78, 5) is 22.2. The molecule has 0 unspecified atom stereocenters. The third-order valence-electron chi connectivity index (χ3n) is 2.55. The predicted octanol–water partition coefficient (Wildman–Crippen LogP) is 1.60. The van der Waals surface area contributed by atoms with Gasteiger partial charge in [-0.15, -0.1) is 0 Å². The van der Waals surface area contributed by atoms with Gasteiger partial charge in [0.15, 0.2) is 6.10 Å². The zero-order chi connectivity index (χ0) is 12.8. The summed E-state index contributed by atoms with van der Waals surface area (Å²) >= 11 is 0. The molecule has 17 heavy (non-hydrogen) atoms. The first-order valence-corrected chi connectivity index (χ1v) is 5.54. The van der Waals surface area contributed by atoms with Gasteiger partial charge in [0.1, 0.15) is 0 Å². The van der Waals surface area contributed by atoms with E-state index in [0.717, 1.165) is 5.56 Å². The van der Waals surface area contributed by atoms with Gasteiger partial charge >= 0.3 is 5.97 Å². The average molecular weight is 235 g/mol. The molecular weight excluding hydrogens is 218 g/mol. The quantitative estimate of drug-likeness (QED) is 0.788. The van der Waals surface area contributed by atoms with Crippen molar-refractivity contribution in [3.8, 4) is 0 Å². The zero-order valence-electron chi connectivity index (χ0n) is 10.1. The van der Waals surface area contributed by atoms with E-state index in [1.165, 1.54) is 6.92 Å². The van der Waals surface area contributed by atoms with E-state index < -0.39 is 18.0 Å². The summed E-state index contributed by atoms with van der Waals surface area (Å²) in [7, 11) is 0. The van der Waals surface area contributed by atoms with Gasteiger partial charge in [-0.3, -0.25) is 9.59 Å². The van der Waals surface area contributed by atoms with Crippen molar-refractivity contribution in [1.82, 2.24) is 0 Å². The van der Waals surface area contributed by atoms with E-state index in [1.807, 2.05) is 37.3 Å². The number of primary amides is 1. The Morgan fingerprint density at radius 2 is 1.82 bits per heavy atom. The van der Waals surface area contributed by atoms with Gasteiger partial charge in [-0.25, -0.2) is 0 Å². The summed E-state index contributed by atoms with van der Waals surface area (Å²) < 4.78 is 4.89. The van der Waals surface area contributed by atoms with Crippen LogP contribution in [0.25, 0.3) is 0 Å². The third kappa shape index (κ3) is 4.26. The van der Waals surface area contributed by atoms with Crippen molar-refractivity contribution in [3.05, 3.63) is 35.9 Å². The maximum Gasteiger partial charge on any atom is 0.307 e. The van der Waals surface area contributed by atoms with Crippen LogP contribution in [0.5, 0.6) is 0 Å². The molecule has 0 aromatic heterocycles. The lowest BCUT2D eigenvalue weighted by Gasteiger charge is -2.13. The van der Waals surface area contributed by atoms with Crippen molar-refractivity contribution in [2.24, 2.45) is 5.73 Å². The molecule has 4 heteroatoms. The molecule has 4 nitrogen and oxygen atoms in total. The fraction of sp³-hybridized carbons (Fsp3) is 0.385. The van der Waals surface area contributed by atoms with Crippen molar-refractivity contribution in [1.29, 1.82) is 0 Å². The Labute approximate surface area is 101 Å². The van der Waals surface area contributed by atoms with Crippen molar-refractivity contribution in [2.45, 2.75) is 32.3 Å². The first kappa shape index (κ1) is 13.2. The molecule has 1 rings (SSSR count). The van der Waals surface area contributed by atoms with E-state index >= 15 is 0 Å². The van der Waals surface area contributed by atoms with Crippen molar-refractivity contribution >= 4 is 11.9 Å². The van der Waals surface area contributed by atoms with Crippen LogP contribution in [0.2, 0.25) is 0 Å². The largest absolute Gasteiger partial charge is 0.453 e. The van der Waals surface area contributed by atoms with E-state index in [-0.39, 0.29) is 12.3 Å². The standard InChI is InChI=1S/C13H17NO3/c1-9(11-6-4-3-5-7-11)8-12(15)17-10(2)13(14)16/h3-7,9-10H,8H2,1-2H3,(H2,14,16)/t9-,10-/m1/s1. The fourth-order valence-corrected chi connectivity index (χ4v) is 1.45. The summed E-state index contributed by atoms with van der Waals surface area (Å²) in [6.07, 6.45) is -0.632. The number of benzene rings is 1. The lowest BCUT2D eigenvalue weighted by Crippen LogP contribution is -2.30. The van der Waals surface area contributed by atoms with Crippen molar-refractivity contribution in [2.75, 3.05) is 0 Å². The van der Waals surface area contributed by atoms with Gasteiger partial charge in [-0.1, -0.05) is 37.3 Å². The monoisotopic (exact) mass is 235 g/mol. The smallest absolute Gasteiger partial charge is 0.307 e. The molecule has 0 fully saturated rings. The van der Waals surface area contributed by atoms with Crippen LogP contribution in [-0.4, -0.2) is 18.0 Å². The molecule has 0 bridgehead atoms. The van der Waals surface area contributed by atoms with E-state index in [9.17, 15) is 9.59 Å². The number of carbonyl (C=O) groups excluding carboxylic acids is 2. The number of esters is 1. The minimum Gasteiger partial charge on any atom is -0.453 e. The minimum absolute atomic E-state index is 0.0591. The van der Waals surface area contributed by atoms with Gasteiger partial charge in [-0.2, -0.15) is 0 Å². The van der Waals surface area contributed by atoms with Gasteiger partial charge in [-0.05, 0) is 18.4 Å². The second-order valence-corrected chi connectivity index (χ2v) is 4.05. The minimum atomic E-state index is -0.870. The van der Waals surface area contributed by atoms with Crippen LogP contribution in [0, 0.1) is 0 Å². The maximum absolute atomic E-state index is 11.5. The lowest BCUT2D eigenvalue weighted by molar-refractivity contribution is -0.154. The highest BCUT2D eigenvalue weighted by Crippen LogP contribution is 2.19. The molecular formula is C13H17NO3. The van der Waals surface area contributed by atoms with Gasteiger partial charge in [0.25, 0.3) is 5.91 Å². The van der Waals surface area contributed by atoms with Crippen LogP contribution in [-0.2, 0) is 14.3 Å². The molecule has 0 saturated heterocycles. The first-order valence-electron chi connectivity index (χ1n) is 5.54.